The standard InChI is InChI=1S/C16H14BrF2NO/c17-11-2-4-16-12(8-11)15(5-6-21-16)20-9-10-1-3-13(18)14(19)7-10/h1-4,7-8,15,20H,5-6,9H2. The van der Waals surface area contributed by atoms with Gasteiger partial charge in [-0.25, -0.2) is 8.78 Å². The van der Waals surface area contributed by atoms with Gasteiger partial charge in [0.05, 0.1) is 6.61 Å². The lowest BCUT2D eigenvalue weighted by Gasteiger charge is -2.27. The summed E-state index contributed by atoms with van der Waals surface area (Å²) in [6.07, 6.45) is 0.840. The Balaban J connectivity index is 1.74. The summed E-state index contributed by atoms with van der Waals surface area (Å²) in [4.78, 5) is 0. The Morgan fingerprint density at radius 1 is 1.14 bits per heavy atom. The molecule has 0 bridgehead atoms. The van der Waals surface area contributed by atoms with E-state index in [4.69, 9.17) is 4.74 Å². The van der Waals surface area contributed by atoms with Gasteiger partial charge in [-0.15, -0.1) is 0 Å². The predicted octanol–water partition coefficient (Wildman–Crippen LogP) is 4.34. The first-order valence-corrected chi connectivity index (χ1v) is 7.52. The molecule has 0 saturated heterocycles. The molecule has 1 aliphatic heterocycles. The van der Waals surface area contributed by atoms with Crippen LogP contribution in [0.4, 0.5) is 8.78 Å². The van der Waals surface area contributed by atoms with Gasteiger partial charge < -0.3 is 10.1 Å². The van der Waals surface area contributed by atoms with Crippen LogP contribution in [-0.4, -0.2) is 6.61 Å². The molecule has 2 aromatic carbocycles. The number of rotatable bonds is 3. The second kappa shape index (κ2) is 6.12. The number of hydrogen-bond donors (Lipinski definition) is 1. The third kappa shape index (κ3) is 3.24. The van der Waals surface area contributed by atoms with Gasteiger partial charge in [-0.3, -0.25) is 0 Å². The Morgan fingerprint density at radius 2 is 2.00 bits per heavy atom. The molecule has 21 heavy (non-hydrogen) atoms. The van der Waals surface area contributed by atoms with E-state index in [0.717, 1.165) is 33.8 Å². The van der Waals surface area contributed by atoms with Crippen LogP contribution in [-0.2, 0) is 6.54 Å². The van der Waals surface area contributed by atoms with Gasteiger partial charge in [0.2, 0.25) is 0 Å². The summed E-state index contributed by atoms with van der Waals surface area (Å²) in [5.74, 6) is -0.768. The summed E-state index contributed by atoms with van der Waals surface area (Å²) < 4.78 is 32.7. The van der Waals surface area contributed by atoms with E-state index in [-0.39, 0.29) is 6.04 Å². The van der Waals surface area contributed by atoms with Crippen LogP contribution in [0.1, 0.15) is 23.6 Å². The van der Waals surface area contributed by atoms with E-state index in [1.165, 1.54) is 6.07 Å². The minimum atomic E-state index is -0.820. The van der Waals surface area contributed by atoms with Crippen LogP contribution in [0.15, 0.2) is 40.9 Å². The van der Waals surface area contributed by atoms with Crippen molar-refractivity contribution in [2.45, 2.75) is 19.0 Å². The Morgan fingerprint density at radius 3 is 2.81 bits per heavy atom. The highest BCUT2D eigenvalue weighted by atomic mass is 79.9. The van der Waals surface area contributed by atoms with Crippen molar-refractivity contribution >= 4 is 15.9 Å². The highest BCUT2D eigenvalue weighted by molar-refractivity contribution is 9.10. The molecule has 1 aliphatic rings. The van der Waals surface area contributed by atoms with Gasteiger partial charge in [0.1, 0.15) is 5.75 Å². The molecule has 0 saturated carbocycles. The fourth-order valence-corrected chi connectivity index (χ4v) is 2.85. The molecule has 3 rings (SSSR count). The lowest BCUT2D eigenvalue weighted by atomic mass is 10.0. The summed E-state index contributed by atoms with van der Waals surface area (Å²) in [6, 6.07) is 10.0. The molecular formula is C16H14BrF2NO. The number of halogens is 3. The van der Waals surface area contributed by atoms with Crippen LogP contribution in [0.3, 0.4) is 0 Å². The minimum Gasteiger partial charge on any atom is -0.493 e. The lowest BCUT2D eigenvalue weighted by molar-refractivity contribution is 0.252. The van der Waals surface area contributed by atoms with Gasteiger partial charge in [0.15, 0.2) is 11.6 Å². The van der Waals surface area contributed by atoms with Gasteiger partial charge >= 0.3 is 0 Å². The molecular weight excluding hydrogens is 340 g/mol. The fraction of sp³-hybridized carbons (Fsp3) is 0.250. The third-order valence-electron chi connectivity index (χ3n) is 3.55. The van der Waals surface area contributed by atoms with Crippen molar-refractivity contribution in [3.63, 3.8) is 0 Å². The number of hydrogen-bond acceptors (Lipinski definition) is 2. The number of ether oxygens (including phenoxy) is 1. The first kappa shape index (κ1) is 14.5. The van der Waals surface area contributed by atoms with Crippen molar-refractivity contribution in [2.24, 2.45) is 0 Å². The van der Waals surface area contributed by atoms with Crippen molar-refractivity contribution in [3.05, 3.63) is 63.6 Å². The summed E-state index contributed by atoms with van der Waals surface area (Å²) in [5, 5.41) is 3.38. The number of fused-ring (bicyclic) bond motifs is 1. The fourth-order valence-electron chi connectivity index (χ4n) is 2.47. The normalized spacial score (nSPS) is 17.2. The average Bonchev–Trinajstić information content (AvgIpc) is 2.48. The maximum Gasteiger partial charge on any atom is 0.159 e. The van der Waals surface area contributed by atoms with Gasteiger partial charge in [-0.1, -0.05) is 22.0 Å². The van der Waals surface area contributed by atoms with Crippen molar-refractivity contribution in [1.29, 1.82) is 0 Å². The van der Waals surface area contributed by atoms with Crippen LogP contribution < -0.4 is 10.1 Å². The van der Waals surface area contributed by atoms with Crippen molar-refractivity contribution in [1.82, 2.24) is 5.32 Å². The van der Waals surface area contributed by atoms with Gasteiger partial charge in [-0.2, -0.15) is 0 Å². The average molecular weight is 354 g/mol. The first-order chi connectivity index (χ1) is 10.1. The predicted molar refractivity (Wildman–Crippen MR) is 80.2 cm³/mol. The molecule has 1 N–H and O–H groups in total. The topological polar surface area (TPSA) is 21.3 Å². The number of nitrogens with one attached hydrogen (secondary N) is 1. The van der Waals surface area contributed by atoms with E-state index >= 15 is 0 Å². The SMILES string of the molecule is Fc1ccc(CNC2CCOc3ccc(Br)cc32)cc1F. The Hall–Kier alpha value is -1.46. The van der Waals surface area contributed by atoms with Crippen LogP contribution in [0.25, 0.3) is 0 Å². The summed E-state index contributed by atoms with van der Waals surface area (Å²) in [6.45, 7) is 1.12. The molecule has 2 nitrogen and oxygen atoms in total. The highest BCUT2D eigenvalue weighted by Crippen LogP contribution is 2.34. The minimum absolute atomic E-state index is 0.138. The molecule has 0 amide bonds. The lowest BCUT2D eigenvalue weighted by Crippen LogP contribution is -2.26. The summed E-state index contributed by atoms with van der Waals surface area (Å²) in [7, 11) is 0. The van der Waals surface area contributed by atoms with Crippen LogP contribution >= 0.6 is 15.9 Å². The zero-order chi connectivity index (χ0) is 14.8. The van der Waals surface area contributed by atoms with Crippen LogP contribution in [0.2, 0.25) is 0 Å². The van der Waals surface area contributed by atoms with Crippen LogP contribution in [0.5, 0.6) is 5.75 Å². The van der Waals surface area contributed by atoms with E-state index in [1.54, 1.807) is 6.07 Å². The van der Waals surface area contributed by atoms with E-state index in [1.807, 2.05) is 18.2 Å². The molecule has 0 spiro atoms. The van der Waals surface area contributed by atoms with Gasteiger partial charge in [-0.05, 0) is 35.9 Å². The van der Waals surface area contributed by atoms with Crippen molar-refractivity contribution < 1.29 is 13.5 Å². The molecule has 0 fully saturated rings. The molecule has 1 heterocycles. The summed E-state index contributed by atoms with van der Waals surface area (Å²) >= 11 is 3.46. The molecule has 1 unspecified atom stereocenters. The molecule has 1 atom stereocenters. The molecule has 5 heteroatoms. The maximum atomic E-state index is 13.2. The van der Waals surface area contributed by atoms with E-state index in [0.29, 0.717) is 13.2 Å². The van der Waals surface area contributed by atoms with Crippen molar-refractivity contribution in [2.75, 3.05) is 6.61 Å². The molecule has 2 aromatic rings. The Kier molecular flexibility index (Phi) is 4.22. The van der Waals surface area contributed by atoms with Gasteiger partial charge in [0, 0.05) is 29.0 Å². The maximum absolute atomic E-state index is 13.2. The Labute approximate surface area is 130 Å². The second-order valence-electron chi connectivity index (χ2n) is 5.00. The second-order valence-corrected chi connectivity index (χ2v) is 5.92. The monoisotopic (exact) mass is 353 g/mol. The largest absolute Gasteiger partial charge is 0.493 e. The third-order valence-corrected chi connectivity index (χ3v) is 4.04. The highest BCUT2D eigenvalue weighted by Gasteiger charge is 2.21. The van der Waals surface area contributed by atoms with E-state index in [2.05, 4.69) is 21.2 Å². The molecule has 0 aromatic heterocycles. The molecule has 0 aliphatic carbocycles. The van der Waals surface area contributed by atoms with Gasteiger partial charge in [0.25, 0.3) is 0 Å². The van der Waals surface area contributed by atoms with E-state index in [9.17, 15) is 8.78 Å². The quantitative estimate of drug-likeness (QED) is 0.885. The molecule has 110 valence electrons. The van der Waals surface area contributed by atoms with Crippen molar-refractivity contribution in [3.8, 4) is 5.75 Å². The first-order valence-electron chi connectivity index (χ1n) is 6.73. The Bertz CT molecular complexity index is 663. The smallest absolute Gasteiger partial charge is 0.159 e. The number of benzene rings is 2. The zero-order valence-corrected chi connectivity index (χ0v) is 12.8. The zero-order valence-electron chi connectivity index (χ0n) is 11.2. The summed E-state index contributed by atoms with van der Waals surface area (Å²) in [5.41, 5.74) is 1.80. The molecule has 0 radical (unpaired) electrons. The van der Waals surface area contributed by atoms with Crippen LogP contribution in [0, 0.1) is 11.6 Å². The van der Waals surface area contributed by atoms with E-state index < -0.39 is 11.6 Å².